The second-order valence-corrected chi connectivity index (χ2v) is 6.48. The van der Waals surface area contributed by atoms with Crippen LogP contribution >= 0.6 is 0 Å². The van der Waals surface area contributed by atoms with Gasteiger partial charge in [-0.25, -0.2) is 13.1 Å². The molecule has 1 fully saturated rings. The van der Waals surface area contributed by atoms with Crippen LogP contribution in [0, 0.1) is 0 Å². The first-order valence-electron chi connectivity index (χ1n) is 5.86. The van der Waals surface area contributed by atoms with Gasteiger partial charge in [-0.05, 0) is 12.8 Å². The lowest BCUT2D eigenvalue weighted by Crippen LogP contribution is -2.35. The van der Waals surface area contributed by atoms with Crippen molar-refractivity contribution in [2.24, 2.45) is 0 Å². The van der Waals surface area contributed by atoms with Gasteiger partial charge in [-0.3, -0.25) is 5.10 Å². The van der Waals surface area contributed by atoms with E-state index in [1.165, 1.54) is 0 Å². The Kier molecular flexibility index (Phi) is 3.68. The molecule has 0 aromatic carbocycles. The molecular formula is C10H18N4O2S. The van der Waals surface area contributed by atoms with Crippen molar-refractivity contribution in [3.63, 3.8) is 0 Å². The minimum atomic E-state index is -3.22. The van der Waals surface area contributed by atoms with Crippen LogP contribution in [0.25, 0.3) is 0 Å². The number of nitrogens with zero attached hydrogens (tertiary/aromatic N) is 1. The molecule has 2 rings (SSSR count). The van der Waals surface area contributed by atoms with Crippen molar-refractivity contribution in [1.29, 1.82) is 0 Å². The summed E-state index contributed by atoms with van der Waals surface area (Å²) in [4.78, 5) is 0. The molecule has 1 aliphatic carbocycles. The van der Waals surface area contributed by atoms with Gasteiger partial charge in [0.1, 0.15) is 5.82 Å². The molecule has 7 heteroatoms. The number of H-pyrrole nitrogens is 1. The van der Waals surface area contributed by atoms with E-state index in [1.54, 1.807) is 6.20 Å². The summed E-state index contributed by atoms with van der Waals surface area (Å²) in [6, 6.07) is 0. The average molecular weight is 258 g/mol. The average Bonchev–Trinajstić information content (AvgIpc) is 2.74. The van der Waals surface area contributed by atoms with E-state index in [2.05, 4.69) is 14.9 Å². The highest BCUT2D eigenvalue weighted by Gasteiger charge is 2.26. The summed E-state index contributed by atoms with van der Waals surface area (Å²) in [6.07, 6.45) is 6.20. The molecule has 4 N–H and O–H groups in total. The molecule has 1 aromatic heterocycles. The Morgan fingerprint density at radius 3 is 2.71 bits per heavy atom. The third-order valence-electron chi connectivity index (χ3n) is 3.21. The third-order valence-corrected chi connectivity index (χ3v) is 5.10. The summed E-state index contributed by atoms with van der Waals surface area (Å²) in [7, 11) is -3.22. The van der Waals surface area contributed by atoms with Gasteiger partial charge < -0.3 is 5.73 Å². The quantitative estimate of drug-likeness (QED) is 0.741. The van der Waals surface area contributed by atoms with E-state index in [9.17, 15) is 8.42 Å². The number of nitrogen functional groups attached to an aromatic ring is 1. The Hall–Kier alpha value is -1.08. The molecule has 0 amide bonds. The topological polar surface area (TPSA) is 101 Å². The third kappa shape index (κ3) is 2.98. The van der Waals surface area contributed by atoms with E-state index >= 15 is 0 Å². The van der Waals surface area contributed by atoms with Gasteiger partial charge >= 0.3 is 0 Å². The molecule has 6 nitrogen and oxygen atoms in total. The molecule has 0 spiro atoms. The molecule has 0 bridgehead atoms. The highest BCUT2D eigenvalue weighted by atomic mass is 32.2. The Labute approximate surface area is 101 Å². The number of aromatic amines is 1. The predicted octanol–water partition coefficient (Wildman–Crippen LogP) is 0.744. The molecule has 0 radical (unpaired) electrons. The van der Waals surface area contributed by atoms with Crippen molar-refractivity contribution in [1.82, 2.24) is 14.9 Å². The number of hydrogen-bond acceptors (Lipinski definition) is 4. The van der Waals surface area contributed by atoms with Gasteiger partial charge in [-0.15, -0.1) is 0 Å². The molecule has 1 aliphatic rings. The van der Waals surface area contributed by atoms with Crippen LogP contribution < -0.4 is 10.5 Å². The van der Waals surface area contributed by atoms with E-state index in [1.807, 2.05) is 0 Å². The Morgan fingerprint density at radius 2 is 2.12 bits per heavy atom. The number of rotatable bonds is 4. The summed E-state index contributed by atoms with van der Waals surface area (Å²) in [5.74, 6) is 0.413. The van der Waals surface area contributed by atoms with Crippen LogP contribution in [0.1, 0.15) is 37.7 Å². The number of sulfonamides is 1. The van der Waals surface area contributed by atoms with E-state index in [4.69, 9.17) is 5.73 Å². The van der Waals surface area contributed by atoms with Crippen molar-refractivity contribution in [3.05, 3.63) is 11.8 Å². The number of aromatic nitrogens is 2. The van der Waals surface area contributed by atoms with E-state index in [-0.39, 0.29) is 11.8 Å². The van der Waals surface area contributed by atoms with Crippen molar-refractivity contribution in [3.8, 4) is 0 Å². The normalized spacial score (nSPS) is 18.4. The maximum Gasteiger partial charge on any atom is 0.214 e. The molecule has 0 saturated heterocycles. The highest BCUT2D eigenvalue weighted by molar-refractivity contribution is 7.90. The molecule has 1 saturated carbocycles. The van der Waals surface area contributed by atoms with E-state index < -0.39 is 10.0 Å². The van der Waals surface area contributed by atoms with Gasteiger partial charge in [0.25, 0.3) is 0 Å². The zero-order chi connectivity index (χ0) is 12.3. The molecule has 0 atom stereocenters. The van der Waals surface area contributed by atoms with E-state index in [0.29, 0.717) is 11.4 Å². The second-order valence-electron chi connectivity index (χ2n) is 4.44. The molecule has 17 heavy (non-hydrogen) atoms. The summed E-state index contributed by atoms with van der Waals surface area (Å²) in [6.45, 7) is 0.209. The Morgan fingerprint density at radius 1 is 1.41 bits per heavy atom. The summed E-state index contributed by atoms with van der Waals surface area (Å²) in [5.41, 5.74) is 6.28. The van der Waals surface area contributed by atoms with Crippen LogP contribution in [0.5, 0.6) is 0 Å². The predicted molar refractivity (Wildman–Crippen MR) is 65.6 cm³/mol. The fourth-order valence-electron chi connectivity index (χ4n) is 2.13. The van der Waals surface area contributed by atoms with Crippen molar-refractivity contribution in [2.45, 2.75) is 43.9 Å². The first-order valence-corrected chi connectivity index (χ1v) is 7.40. The lowest BCUT2D eigenvalue weighted by Gasteiger charge is -2.21. The van der Waals surface area contributed by atoms with Crippen LogP contribution in [0.3, 0.4) is 0 Å². The minimum Gasteiger partial charge on any atom is -0.384 e. The zero-order valence-electron chi connectivity index (χ0n) is 9.65. The molecule has 0 aliphatic heterocycles. The Balaban J connectivity index is 1.95. The monoisotopic (exact) mass is 258 g/mol. The van der Waals surface area contributed by atoms with Crippen LogP contribution in [0.4, 0.5) is 5.82 Å². The molecule has 1 heterocycles. The van der Waals surface area contributed by atoms with Crippen LogP contribution in [0.2, 0.25) is 0 Å². The van der Waals surface area contributed by atoms with Crippen LogP contribution in [-0.4, -0.2) is 23.9 Å². The maximum atomic E-state index is 12.0. The highest BCUT2D eigenvalue weighted by Crippen LogP contribution is 2.23. The molecular weight excluding hydrogens is 240 g/mol. The Bertz CT molecular complexity index is 462. The lowest BCUT2D eigenvalue weighted by atomic mass is 10.0. The first-order chi connectivity index (χ1) is 8.09. The minimum absolute atomic E-state index is 0.209. The fraction of sp³-hybridized carbons (Fsp3) is 0.700. The second kappa shape index (κ2) is 5.05. The van der Waals surface area contributed by atoms with E-state index in [0.717, 1.165) is 32.1 Å². The fourth-order valence-corrected chi connectivity index (χ4v) is 3.68. The number of nitrogens with two attached hydrogens (primary N) is 1. The van der Waals surface area contributed by atoms with Crippen LogP contribution in [-0.2, 0) is 16.6 Å². The summed E-state index contributed by atoms with van der Waals surface area (Å²) >= 11 is 0. The smallest absolute Gasteiger partial charge is 0.214 e. The van der Waals surface area contributed by atoms with Crippen molar-refractivity contribution < 1.29 is 8.42 Å². The van der Waals surface area contributed by atoms with Crippen molar-refractivity contribution >= 4 is 15.8 Å². The van der Waals surface area contributed by atoms with Crippen LogP contribution in [0.15, 0.2) is 6.20 Å². The van der Waals surface area contributed by atoms with Gasteiger partial charge in [0.2, 0.25) is 10.0 Å². The lowest BCUT2D eigenvalue weighted by molar-refractivity contribution is 0.477. The summed E-state index contributed by atoms with van der Waals surface area (Å²) in [5, 5.41) is 6.08. The van der Waals surface area contributed by atoms with Gasteiger partial charge in [0, 0.05) is 12.1 Å². The van der Waals surface area contributed by atoms with Gasteiger partial charge in [-0.2, -0.15) is 5.10 Å². The van der Waals surface area contributed by atoms with Gasteiger partial charge in [-0.1, -0.05) is 19.3 Å². The maximum absolute atomic E-state index is 12.0. The zero-order valence-corrected chi connectivity index (χ0v) is 10.5. The number of anilines is 1. The molecule has 96 valence electrons. The number of hydrogen-bond donors (Lipinski definition) is 3. The van der Waals surface area contributed by atoms with Crippen molar-refractivity contribution in [2.75, 3.05) is 5.73 Å². The standard InChI is InChI=1S/C10H18N4O2S/c11-10-8(6-12-14-10)7-13-17(15,16)9-4-2-1-3-5-9/h6,9,13H,1-5,7H2,(H3,11,12,14). The number of nitrogens with one attached hydrogen (secondary N) is 2. The largest absolute Gasteiger partial charge is 0.384 e. The summed E-state index contributed by atoms with van der Waals surface area (Å²) < 4.78 is 26.6. The van der Waals surface area contributed by atoms with Gasteiger partial charge in [0.15, 0.2) is 0 Å². The van der Waals surface area contributed by atoms with Gasteiger partial charge in [0.05, 0.1) is 11.4 Å². The molecule has 0 unspecified atom stereocenters. The first kappa shape index (κ1) is 12.4. The SMILES string of the molecule is Nc1[nH]ncc1CNS(=O)(=O)C1CCCCC1. The molecule has 1 aromatic rings.